The zero-order valence-electron chi connectivity index (χ0n) is 22.9. The Balaban J connectivity index is 1.56. The van der Waals surface area contributed by atoms with Gasteiger partial charge in [0.15, 0.2) is 17.3 Å². The van der Waals surface area contributed by atoms with Crippen molar-refractivity contribution in [2.24, 2.45) is 5.41 Å². The van der Waals surface area contributed by atoms with Gasteiger partial charge in [-0.25, -0.2) is 0 Å². The zero-order valence-corrected chi connectivity index (χ0v) is 22.9. The molecular formula is C36H29NO4. The fraction of sp³-hybridized carbons (Fsp3) is 0.194. The van der Waals surface area contributed by atoms with E-state index in [1.807, 2.05) is 104 Å². The summed E-state index contributed by atoms with van der Waals surface area (Å²) in [7, 11) is 0. The van der Waals surface area contributed by atoms with Crippen LogP contribution >= 0.6 is 0 Å². The summed E-state index contributed by atoms with van der Waals surface area (Å²) < 4.78 is 6.10. The number of benzene rings is 4. The van der Waals surface area contributed by atoms with Gasteiger partial charge in [0.05, 0.1) is 12.6 Å². The maximum atomic E-state index is 14.8. The standard InChI is InChI=1S/C36H29NO4/c1-3-41-29-15-9-7-13-27(29)31-32(33(38)24-18-16-22(2)17-19-24)37-28-14-8-4-10-23(28)20-21-30(37)36(31)34(39)25-11-5-6-12-26(25)35(36)40/h4-21,30-32H,3H2,1-2H3/t30-,31-,32+/m1/s1. The number of anilines is 1. The van der Waals surface area contributed by atoms with E-state index in [1.54, 1.807) is 24.3 Å². The van der Waals surface area contributed by atoms with Crippen LogP contribution < -0.4 is 9.64 Å². The summed E-state index contributed by atoms with van der Waals surface area (Å²) in [6.07, 6.45) is 3.93. The van der Waals surface area contributed by atoms with Crippen molar-refractivity contribution in [3.63, 3.8) is 0 Å². The van der Waals surface area contributed by atoms with E-state index in [-0.39, 0.29) is 17.3 Å². The first kappa shape index (κ1) is 25.2. The molecule has 3 atom stereocenters. The highest BCUT2D eigenvalue weighted by atomic mass is 16.5. The monoisotopic (exact) mass is 539 g/mol. The van der Waals surface area contributed by atoms with Crippen LogP contribution in [-0.2, 0) is 0 Å². The van der Waals surface area contributed by atoms with Crippen LogP contribution in [0.2, 0.25) is 0 Å². The average molecular weight is 540 g/mol. The van der Waals surface area contributed by atoms with Gasteiger partial charge in [0, 0.05) is 33.9 Å². The van der Waals surface area contributed by atoms with Gasteiger partial charge in [0.2, 0.25) is 0 Å². The minimum atomic E-state index is -1.55. The molecule has 1 aliphatic carbocycles. The number of nitrogens with zero attached hydrogens (tertiary/aromatic N) is 1. The Hall–Kier alpha value is -4.77. The van der Waals surface area contributed by atoms with Crippen molar-refractivity contribution in [3.05, 3.63) is 137 Å². The van der Waals surface area contributed by atoms with Crippen LogP contribution in [0.4, 0.5) is 5.69 Å². The number of Topliss-reactive ketones (excluding diaryl/α,β-unsaturated/α-hetero) is 3. The van der Waals surface area contributed by atoms with E-state index in [2.05, 4.69) is 0 Å². The number of rotatable bonds is 5. The highest BCUT2D eigenvalue weighted by Gasteiger charge is 2.71. The highest BCUT2D eigenvalue weighted by Crippen LogP contribution is 2.61. The minimum absolute atomic E-state index is 0.134. The van der Waals surface area contributed by atoms with Crippen molar-refractivity contribution >= 4 is 29.1 Å². The Labute approximate surface area is 239 Å². The molecule has 202 valence electrons. The minimum Gasteiger partial charge on any atom is -0.494 e. The normalized spacial score (nSPS) is 21.5. The number of carbonyl (C=O) groups is 3. The number of ether oxygens (including phenoxy) is 1. The number of aryl methyl sites for hydroxylation is 1. The Morgan fingerprint density at radius 1 is 0.829 bits per heavy atom. The maximum Gasteiger partial charge on any atom is 0.185 e. The van der Waals surface area contributed by atoms with Gasteiger partial charge in [-0.3, -0.25) is 14.4 Å². The van der Waals surface area contributed by atoms with Crippen LogP contribution in [-0.4, -0.2) is 36.0 Å². The SMILES string of the molecule is CCOc1ccccc1[C@@H]1[C@@H](C(=O)c2ccc(C)cc2)N2c3ccccc3C=C[C@@H]2C12C(=O)c1ccccc1C2=O. The molecule has 0 radical (unpaired) electrons. The summed E-state index contributed by atoms with van der Waals surface area (Å²) in [5, 5.41) is 0. The molecule has 5 heteroatoms. The van der Waals surface area contributed by atoms with Gasteiger partial charge in [-0.1, -0.05) is 103 Å². The lowest BCUT2D eigenvalue weighted by molar-refractivity contribution is 0.0664. The Morgan fingerprint density at radius 2 is 1.46 bits per heavy atom. The summed E-state index contributed by atoms with van der Waals surface area (Å²) in [4.78, 5) is 46.3. The third kappa shape index (κ3) is 3.45. The molecule has 4 aromatic rings. The second-order valence-corrected chi connectivity index (χ2v) is 11.0. The summed E-state index contributed by atoms with van der Waals surface area (Å²) in [6, 6.07) is 28.5. The molecule has 0 aromatic heterocycles. The van der Waals surface area contributed by atoms with Crippen LogP contribution in [0, 0.1) is 12.3 Å². The van der Waals surface area contributed by atoms with Crippen LogP contribution in [0.15, 0.2) is 103 Å². The molecule has 0 amide bonds. The molecule has 41 heavy (non-hydrogen) atoms. The molecule has 0 unspecified atom stereocenters. The van der Waals surface area contributed by atoms with E-state index in [0.717, 1.165) is 16.8 Å². The molecule has 2 heterocycles. The molecule has 5 nitrogen and oxygen atoms in total. The Bertz CT molecular complexity index is 1720. The fourth-order valence-corrected chi connectivity index (χ4v) is 7.17. The lowest BCUT2D eigenvalue weighted by Gasteiger charge is -2.37. The molecule has 1 saturated heterocycles. The number of hydrogen-bond donors (Lipinski definition) is 0. The predicted octanol–water partition coefficient (Wildman–Crippen LogP) is 6.71. The number of carbonyl (C=O) groups excluding carboxylic acids is 3. The smallest absolute Gasteiger partial charge is 0.185 e. The summed E-state index contributed by atoms with van der Waals surface area (Å²) in [6.45, 7) is 4.29. The lowest BCUT2D eigenvalue weighted by atomic mass is 9.64. The maximum absolute atomic E-state index is 14.8. The van der Waals surface area contributed by atoms with Crippen molar-refractivity contribution in [2.45, 2.75) is 31.8 Å². The Morgan fingerprint density at radius 3 is 2.17 bits per heavy atom. The van der Waals surface area contributed by atoms with Gasteiger partial charge in [-0.05, 0) is 31.5 Å². The number of para-hydroxylation sites is 2. The molecule has 0 bridgehead atoms. The number of ketones is 3. The van der Waals surface area contributed by atoms with Crippen molar-refractivity contribution in [2.75, 3.05) is 11.5 Å². The summed E-state index contributed by atoms with van der Waals surface area (Å²) in [5.74, 6) is -0.841. The van der Waals surface area contributed by atoms with Gasteiger partial charge < -0.3 is 9.64 Å². The van der Waals surface area contributed by atoms with Crippen molar-refractivity contribution in [1.29, 1.82) is 0 Å². The van der Waals surface area contributed by atoms with E-state index in [1.165, 1.54) is 0 Å². The quantitative estimate of drug-likeness (QED) is 0.208. The second-order valence-electron chi connectivity index (χ2n) is 11.0. The molecule has 7 rings (SSSR count). The van der Waals surface area contributed by atoms with Gasteiger partial charge >= 0.3 is 0 Å². The third-order valence-corrected chi connectivity index (χ3v) is 8.87. The predicted molar refractivity (Wildman–Crippen MR) is 159 cm³/mol. The van der Waals surface area contributed by atoms with Gasteiger partial charge in [0.25, 0.3) is 0 Å². The second kappa shape index (κ2) is 9.41. The first-order valence-corrected chi connectivity index (χ1v) is 14.0. The van der Waals surface area contributed by atoms with E-state index < -0.39 is 23.4 Å². The largest absolute Gasteiger partial charge is 0.494 e. The van der Waals surface area contributed by atoms with Crippen LogP contribution in [0.1, 0.15) is 60.6 Å². The fourth-order valence-electron chi connectivity index (χ4n) is 7.17. The lowest BCUT2D eigenvalue weighted by Crippen LogP contribution is -2.48. The molecule has 2 aliphatic heterocycles. The summed E-state index contributed by atoms with van der Waals surface area (Å²) >= 11 is 0. The van der Waals surface area contributed by atoms with Crippen LogP contribution in [0.3, 0.4) is 0 Å². The number of fused-ring (bicyclic) bond motifs is 5. The van der Waals surface area contributed by atoms with Crippen LogP contribution in [0.25, 0.3) is 6.08 Å². The van der Waals surface area contributed by atoms with E-state index >= 15 is 0 Å². The van der Waals surface area contributed by atoms with E-state index in [4.69, 9.17) is 4.74 Å². The molecule has 0 saturated carbocycles. The molecule has 4 aromatic carbocycles. The first-order valence-electron chi connectivity index (χ1n) is 14.0. The van der Waals surface area contributed by atoms with Crippen LogP contribution in [0.5, 0.6) is 5.75 Å². The van der Waals surface area contributed by atoms with Gasteiger partial charge in [0.1, 0.15) is 17.2 Å². The molecule has 3 aliphatic rings. The average Bonchev–Trinajstić information content (AvgIpc) is 3.44. The third-order valence-electron chi connectivity index (χ3n) is 8.87. The van der Waals surface area contributed by atoms with Gasteiger partial charge in [-0.15, -0.1) is 0 Å². The van der Waals surface area contributed by atoms with E-state index in [9.17, 15) is 14.4 Å². The van der Waals surface area contributed by atoms with E-state index in [0.29, 0.717) is 34.6 Å². The molecule has 1 spiro atoms. The number of hydrogen-bond acceptors (Lipinski definition) is 5. The molecule has 0 N–H and O–H groups in total. The Kier molecular flexibility index (Phi) is 5.79. The molecule has 1 fully saturated rings. The van der Waals surface area contributed by atoms with Crippen molar-refractivity contribution in [1.82, 2.24) is 0 Å². The zero-order chi connectivity index (χ0) is 28.3. The van der Waals surface area contributed by atoms with Crippen molar-refractivity contribution in [3.8, 4) is 5.75 Å². The topological polar surface area (TPSA) is 63.7 Å². The molecular weight excluding hydrogens is 510 g/mol. The van der Waals surface area contributed by atoms with Gasteiger partial charge in [-0.2, -0.15) is 0 Å². The van der Waals surface area contributed by atoms with Crippen molar-refractivity contribution < 1.29 is 19.1 Å². The highest BCUT2D eigenvalue weighted by molar-refractivity contribution is 6.32. The summed E-state index contributed by atoms with van der Waals surface area (Å²) in [5.41, 5.74) is 3.31. The first-order chi connectivity index (χ1) is 20.0.